The topological polar surface area (TPSA) is 250 Å². The molecule has 464 valence electrons. The monoisotopic (exact) mass is 1280 g/mol. The summed E-state index contributed by atoms with van der Waals surface area (Å²) in [5.74, 6) is -0.610. The minimum Gasteiger partial charge on any atom is -0.480 e. The Morgan fingerprint density at radius 2 is 1.03 bits per heavy atom. The maximum absolute atomic E-state index is 13.9. The molecule has 2 saturated carbocycles. The largest absolute Gasteiger partial charge is 0.480 e. The van der Waals surface area contributed by atoms with Crippen molar-refractivity contribution in [2.75, 3.05) is 10.6 Å². The molecule has 4 aliphatic rings. The zero-order valence-electron chi connectivity index (χ0n) is 48.8. The van der Waals surface area contributed by atoms with E-state index >= 15 is 0 Å². The molecule has 4 bridgehead atoms. The van der Waals surface area contributed by atoms with Crippen LogP contribution in [0.1, 0.15) is 78.1 Å². The number of amides is 5. The molecule has 10 aromatic rings. The fraction of sp³-hybridized carbons (Fsp3) is 0.246. The first-order valence-electron chi connectivity index (χ1n) is 28.9. The van der Waals surface area contributed by atoms with E-state index in [9.17, 15) is 28.8 Å². The molecule has 21 heteroatoms. The van der Waals surface area contributed by atoms with Gasteiger partial charge in [0.2, 0.25) is 17.7 Å². The van der Waals surface area contributed by atoms with Gasteiger partial charge in [0.05, 0.1) is 17.2 Å². The first-order valence-corrected chi connectivity index (χ1v) is 30.2. The van der Waals surface area contributed by atoms with Crippen molar-refractivity contribution in [3.8, 4) is 22.3 Å². The molecule has 17 nitrogen and oxygen atoms in total. The van der Waals surface area contributed by atoms with Crippen molar-refractivity contribution < 1.29 is 33.9 Å². The average molecular weight is 1280 g/mol. The number of fused-ring (bicyclic) bond motifs is 8. The second-order valence-electron chi connectivity index (χ2n) is 22.7. The van der Waals surface area contributed by atoms with Gasteiger partial charge in [-0.3, -0.25) is 28.8 Å². The minimum atomic E-state index is -0.975. The number of aryl methyl sites for hydroxylation is 2. The van der Waals surface area contributed by atoms with Crippen LogP contribution in [0.15, 0.2) is 170 Å². The Morgan fingerprint density at radius 1 is 0.567 bits per heavy atom. The number of carbonyl (C=O) groups is 6. The molecule has 6 aromatic carbocycles. The molecule has 4 unspecified atom stereocenters. The summed E-state index contributed by atoms with van der Waals surface area (Å²) in [6.07, 6.45) is 9.34. The SMILES string of the molecule is C.Cc1cccc(NC(=O)[C@@H]2C3CCC(C3)N2C(=O)Cn2cc(C(N)=O)c3cc(-c4ccc5ccccc5c4)ccc32)n1.Cc1cccc(NC(=O)[C@H]2NC3CCC2C3)n1.Cl.NC(=O)c1cn(CC(=O)O)c2ccc(-c3ccc4ccccc4c3)cc12.S.S=S. The molecule has 2 aliphatic heterocycles. The molecular weight excluding hydrogens is 1210 g/mol. The highest BCUT2D eigenvalue weighted by atomic mass is 35.5. The summed E-state index contributed by atoms with van der Waals surface area (Å²) in [6, 6.07) is 51.4. The Morgan fingerprint density at radius 3 is 1.50 bits per heavy atom. The van der Waals surface area contributed by atoms with Gasteiger partial charge in [0.1, 0.15) is 30.8 Å². The van der Waals surface area contributed by atoms with Gasteiger partial charge in [-0.2, -0.15) is 13.5 Å². The Kier molecular flexibility index (Phi) is 21.7. The maximum atomic E-state index is 13.9. The number of carbonyl (C=O) groups excluding carboxylic acids is 5. The number of piperidine rings is 2. The molecule has 4 fully saturated rings. The van der Waals surface area contributed by atoms with Gasteiger partial charge in [-0.15, -0.1) is 12.4 Å². The highest BCUT2D eigenvalue weighted by Gasteiger charge is 2.51. The van der Waals surface area contributed by atoms with Crippen LogP contribution in [-0.4, -0.2) is 88.8 Å². The number of aromatic nitrogens is 4. The van der Waals surface area contributed by atoms with Crippen LogP contribution >= 0.6 is 25.9 Å². The van der Waals surface area contributed by atoms with Gasteiger partial charge in [-0.25, -0.2) is 9.97 Å². The smallest absolute Gasteiger partial charge is 0.323 e. The van der Waals surface area contributed by atoms with Crippen LogP contribution in [0.4, 0.5) is 11.6 Å². The van der Waals surface area contributed by atoms with Crippen molar-refractivity contribution in [1.29, 1.82) is 0 Å². The highest BCUT2D eigenvalue weighted by molar-refractivity contribution is 8.07. The lowest BCUT2D eigenvalue weighted by Crippen LogP contribution is -2.51. The molecule has 5 amide bonds. The summed E-state index contributed by atoms with van der Waals surface area (Å²) < 4.78 is 3.31. The summed E-state index contributed by atoms with van der Waals surface area (Å²) in [5, 5.41) is 24.2. The molecule has 14 rings (SSSR count). The van der Waals surface area contributed by atoms with Gasteiger partial charge in [0.15, 0.2) is 0 Å². The molecule has 6 atom stereocenters. The number of hydrogen-bond donors (Lipinski definition) is 6. The van der Waals surface area contributed by atoms with Gasteiger partial charge in [0, 0.05) is 80.0 Å². The van der Waals surface area contributed by atoms with Crippen LogP contribution in [0.25, 0.3) is 65.6 Å². The molecule has 2 aliphatic carbocycles. The van der Waals surface area contributed by atoms with Crippen molar-refractivity contribution in [2.45, 2.75) is 97.1 Å². The number of aliphatic carboxylic acids is 1. The van der Waals surface area contributed by atoms with Gasteiger partial charge in [0.25, 0.3) is 11.8 Å². The van der Waals surface area contributed by atoms with Gasteiger partial charge >= 0.3 is 5.97 Å². The van der Waals surface area contributed by atoms with E-state index in [4.69, 9.17) is 16.6 Å². The predicted octanol–water partition coefficient (Wildman–Crippen LogP) is 11.6. The van der Waals surface area contributed by atoms with E-state index in [2.05, 4.69) is 103 Å². The van der Waals surface area contributed by atoms with Crippen LogP contribution < -0.4 is 27.4 Å². The van der Waals surface area contributed by atoms with E-state index in [-0.39, 0.29) is 82.1 Å². The number of pyridine rings is 2. The third-order valence-corrected chi connectivity index (χ3v) is 17.1. The standard InChI is InChI=1S/C34H31N5O3.C21H16N2O3.C13H17N3O.CH4.ClH.S2.H2S/c1-20-5-4-8-30(36-20)37-34(42)32-25-11-13-26(16-25)39(32)31(40)19-38-18-28(33(35)41)27-17-24(12-14-29(27)38)23-10-9-21-6-2-3-7-22(21)15-23;22-21(26)18-11-23(12-20(24)25)19-8-7-16(10-17(18)19)15-6-5-13-3-1-2-4-14(13)9-15;1-8-3-2-4-11(14-8)16-13(17)12-9-5-6-10(7-9)15-12;;;1-2;/h2-10,12,14-15,17-18,25-26,32H,11,13,16,19H2,1H3,(H2,35,41)(H,36,37,42);1-11H,12H2,(H2,22,26)(H,24,25);2-4,9-10,12,15H,5-7H2,1H3,(H,14,16,17);1H4;1H;;1H2/t25?,26?,32-;;9?,10?,12-;;;;/m0.0..../s1. The van der Waals surface area contributed by atoms with Crippen LogP contribution in [0.3, 0.4) is 0 Å². The summed E-state index contributed by atoms with van der Waals surface area (Å²) in [6.45, 7) is 3.58. The number of benzene rings is 6. The number of carboxylic acids is 1. The quantitative estimate of drug-likeness (QED) is 0.0668. The van der Waals surface area contributed by atoms with Gasteiger partial charge in [-0.1, -0.05) is 104 Å². The number of carboxylic acid groups (broad SMARTS) is 1. The minimum absolute atomic E-state index is 0. The second-order valence-corrected chi connectivity index (χ2v) is 22.7. The maximum Gasteiger partial charge on any atom is 0.323 e. The zero-order valence-corrected chi connectivity index (χ0v) is 52.2. The highest BCUT2D eigenvalue weighted by Crippen LogP contribution is 2.43. The van der Waals surface area contributed by atoms with E-state index in [1.807, 2.05) is 111 Å². The molecule has 6 heterocycles. The number of halogens is 1. The summed E-state index contributed by atoms with van der Waals surface area (Å²) in [7, 11) is 0. The molecule has 2 saturated heterocycles. The van der Waals surface area contributed by atoms with E-state index in [0.717, 1.165) is 86.4 Å². The van der Waals surface area contributed by atoms with Crippen molar-refractivity contribution >= 4 is 139 Å². The van der Waals surface area contributed by atoms with E-state index in [1.54, 1.807) is 21.7 Å². The third-order valence-electron chi connectivity index (χ3n) is 17.1. The van der Waals surface area contributed by atoms with E-state index in [1.165, 1.54) is 23.6 Å². The lowest BCUT2D eigenvalue weighted by atomic mass is 9.97. The first-order chi connectivity index (χ1) is 42.1. The molecule has 4 aromatic heterocycles. The number of nitrogens with one attached hydrogen (secondary N) is 3. The average Bonchev–Trinajstić information content (AvgIpc) is 1.75. The molecule has 0 spiro atoms. The number of likely N-dealkylation sites (tertiary alicyclic amines) is 1. The van der Waals surface area contributed by atoms with Gasteiger partial charge < -0.3 is 46.6 Å². The van der Waals surface area contributed by atoms with Crippen LogP contribution in [0.5, 0.6) is 0 Å². The summed E-state index contributed by atoms with van der Waals surface area (Å²) >= 11 is 7.33. The molecule has 8 N–H and O–H groups in total. The van der Waals surface area contributed by atoms with Crippen molar-refractivity contribution in [3.05, 3.63) is 193 Å². The Hall–Kier alpha value is -8.92. The number of nitrogens with two attached hydrogens (primary N) is 2. The summed E-state index contributed by atoms with van der Waals surface area (Å²) in [4.78, 5) is 85.2. The number of anilines is 2. The molecule has 0 radical (unpaired) electrons. The lowest BCUT2D eigenvalue weighted by Gasteiger charge is -2.34. The molecule has 90 heavy (non-hydrogen) atoms. The predicted molar refractivity (Wildman–Crippen MR) is 369 cm³/mol. The van der Waals surface area contributed by atoms with Crippen molar-refractivity contribution in [1.82, 2.24) is 29.3 Å². The second kappa shape index (κ2) is 29.1. The van der Waals surface area contributed by atoms with E-state index in [0.29, 0.717) is 51.0 Å². The lowest BCUT2D eigenvalue weighted by molar-refractivity contribution is -0.141. The normalized spacial score (nSPS) is 18.1. The number of hydrogen-bond acceptors (Lipinski definition) is 11. The van der Waals surface area contributed by atoms with E-state index < -0.39 is 23.8 Å². The van der Waals surface area contributed by atoms with Crippen LogP contribution in [0, 0.1) is 25.7 Å². The fourth-order valence-electron chi connectivity index (χ4n) is 13.2. The van der Waals surface area contributed by atoms with Crippen LogP contribution in [-0.2, 0) is 54.6 Å². The number of primary amides is 2. The number of rotatable bonds is 12. The summed E-state index contributed by atoms with van der Waals surface area (Å²) in [5.41, 5.74) is 19.1. The van der Waals surface area contributed by atoms with Crippen molar-refractivity contribution in [3.63, 3.8) is 0 Å². The Bertz CT molecular complexity index is 4350. The Labute approximate surface area is 544 Å². The number of nitrogens with zero attached hydrogens (tertiary/aromatic N) is 5. The van der Waals surface area contributed by atoms with Crippen LogP contribution in [0.2, 0.25) is 0 Å². The molecular formula is C69H71ClN10O7S3. The third kappa shape index (κ3) is 14.4. The van der Waals surface area contributed by atoms with Crippen molar-refractivity contribution in [2.24, 2.45) is 23.3 Å². The van der Waals surface area contributed by atoms with Gasteiger partial charge in [-0.05, 0) is 169 Å². The Balaban J connectivity index is 0.000000186. The fourth-order valence-corrected chi connectivity index (χ4v) is 13.2. The first kappa shape index (κ1) is 67.0. The zero-order chi connectivity index (χ0) is 61.0.